The number of aryl methyl sites for hydroxylation is 2. The van der Waals surface area contributed by atoms with Crippen molar-refractivity contribution in [3.63, 3.8) is 0 Å². The van der Waals surface area contributed by atoms with E-state index in [-0.39, 0.29) is 5.91 Å². The molecule has 0 saturated carbocycles. The first-order chi connectivity index (χ1) is 12.3. The van der Waals surface area contributed by atoms with Crippen molar-refractivity contribution in [3.8, 4) is 17.1 Å². The van der Waals surface area contributed by atoms with Crippen LogP contribution in [0.2, 0.25) is 0 Å². The van der Waals surface area contributed by atoms with E-state index in [4.69, 9.17) is 4.74 Å². The maximum absolute atomic E-state index is 12.8. The van der Waals surface area contributed by atoms with Gasteiger partial charge in [-0.1, -0.05) is 6.07 Å². The Balaban J connectivity index is 1.71. The Morgan fingerprint density at radius 1 is 1.32 bits per heavy atom. The van der Waals surface area contributed by atoms with Gasteiger partial charge in [-0.3, -0.25) is 4.79 Å². The van der Waals surface area contributed by atoms with Crippen molar-refractivity contribution in [2.75, 3.05) is 12.4 Å². The second-order valence-corrected chi connectivity index (χ2v) is 5.83. The molecule has 1 aliphatic rings. The largest absolute Gasteiger partial charge is 0.481 e. The van der Waals surface area contributed by atoms with Gasteiger partial charge in [-0.2, -0.15) is 4.98 Å². The molecule has 0 spiro atoms. The van der Waals surface area contributed by atoms with E-state index in [1.54, 1.807) is 24.4 Å². The fourth-order valence-electron chi connectivity index (χ4n) is 3.12. The standard InChI is InChI=1S/C18H17N5O2/c1-25-15-7-3-6-14(22-15)23-18(24)12-9-20-13-5-2-4-11-8-19-10-21-17(11)16(12)13/h3,6-10,20H,2,4-5H2,1H3,(H,22,23,24). The van der Waals surface area contributed by atoms with Crippen LogP contribution >= 0.6 is 0 Å². The summed E-state index contributed by atoms with van der Waals surface area (Å²) in [7, 11) is 1.54. The zero-order valence-electron chi connectivity index (χ0n) is 13.7. The highest BCUT2D eigenvalue weighted by Gasteiger charge is 2.24. The van der Waals surface area contributed by atoms with Crippen LogP contribution in [-0.2, 0) is 12.8 Å². The molecular weight excluding hydrogens is 318 g/mol. The number of rotatable bonds is 3. The molecule has 0 bridgehead atoms. The van der Waals surface area contributed by atoms with E-state index in [0.29, 0.717) is 17.3 Å². The second-order valence-electron chi connectivity index (χ2n) is 5.83. The maximum Gasteiger partial charge on any atom is 0.259 e. The van der Waals surface area contributed by atoms with Gasteiger partial charge in [-0.25, -0.2) is 9.97 Å². The number of hydrogen-bond donors (Lipinski definition) is 2. The van der Waals surface area contributed by atoms with Crippen LogP contribution in [0.4, 0.5) is 5.82 Å². The first kappa shape index (κ1) is 15.3. The SMILES string of the molecule is COc1cccc(NC(=O)c2c[nH]c3c2-c2ncncc2CCC3)n1. The van der Waals surface area contributed by atoms with Gasteiger partial charge < -0.3 is 15.0 Å². The number of ether oxygens (including phenoxy) is 1. The van der Waals surface area contributed by atoms with E-state index >= 15 is 0 Å². The van der Waals surface area contributed by atoms with Gasteiger partial charge in [0.15, 0.2) is 0 Å². The Morgan fingerprint density at radius 2 is 2.24 bits per heavy atom. The molecule has 3 aromatic rings. The van der Waals surface area contributed by atoms with Crippen molar-refractivity contribution in [2.24, 2.45) is 0 Å². The van der Waals surface area contributed by atoms with Crippen molar-refractivity contribution in [2.45, 2.75) is 19.3 Å². The van der Waals surface area contributed by atoms with Crippen molar-refractivity contribution in [3.05, 3.63) is 53.7 Å². The van der Waals surface area contributed by atoms with Gasteiger partial charge in [0.1, 0.15) is 12.1 Å². The van der Waals surface area contributed by atoms with E-state index in [2.05, 4.69) is 25.3 Å². The summed E-state index contributed by atoms with van der Waals surface area (Å²) >= 11 is 0. The number of aromatic amines is 1. The molecule has 3 aromatic heterocycles. The third-order valence-electron chi connectivity index (χ3n) is 4.28. The predicted octanol–water partition coefficient (Wildman–Crippen LogP) is 2.62. The van der Waals surface area contributed by atoms with Crippen LogP contribution in [0.3, 0.4) is 0 Å². The molecule has 1 amide bonds. The maximum atomic E-state index is 12.8. The van der Waals surface area contributed by atoms with Crippen LogP contribution < -0.4 is 10.1 Å². The third-order valence-corrected chi connectivity index (χ3v) is 4.28. The van der Waals surface area contributed by atoms with Crippen LogP contribution in [0.5, 0.6) is 5.88 Å². The average Bonchev–Trinajstić information content (AvgIpc) is 2.97. The quantitative estimate of drug-likeness (QED) is 0.767. The first-order valence-electron chi connectivity index (χ1n) is 8.08. The van der Waals surface area contributed by atoms with Gasteiger partial charge in [0, 0.05) is 29.7 Å². The molecule has 1 aliphatic carbocycles. The Kier molecular flexibility index (Phi) is 3.89. The summed E-state index contributed by atoms with van der Waals surface area (Å²) in [6, 6.07) is 5.23. The van der Waals surface area contributed by atoms with Gasteiger partial charge >= 0.3 is 0 Å². The monoisotopic (exact) mass is 335 g/mol. The second kappa shape index (κ2) is 6.35. The lowest BCUT2D eigenvalue weighted by Crippen LogP contribution is -2.13. The number of aromatic nitrogens is 4. The number of carbonyl (C=O) groups excluding carboxylic acids is 1. The molecule has 2 N–H and O–H groups in total. The number of carbonyl (C=O) groups is 1. The van der Waals surface area contributed by atoms with E-state index in [9.17, 15) is 4.79 Å². The zero-order chi connectivity index (χ0) is 17.2. The third kappa shape index (κ3) is 2.84. The molecule has 7 nitrogen and oxygen atoms in total. The number of anilines is 1. The average molecular weight is 335 g/mol. The molecule has 0 fully saturated rings. The predicted molar refractivity (Wildman–Crippen MR) is 92.6 cm³/mol. The van der Waals surface area contributed by atoms with E-state index in [1.165, 1.54) is 13.4 Å². The highest BCUT2D eigenvalue weighted by molar-refractivity contribution is 6.08. The Labute approximate surface area is 144 Å². The van der Waals surface area contributed by atoms with E-state index < -0.39 is 0 Å². The number of amides is 1. The van der Waals surface area contributed by atoms with Gasteiger partial charge in [-0.15, -0.1) is 0 Å². The summed E-state index contributed by atoms with van der Waals surface area (Å²) in [5.41, 5.74) is 4.33. The number of methoxy groups -OCH3 is 1. The molecule has 3 heterocycles. The summed E-state index contributed by atoms with van der Waals surface area (Å²) < 4.78 is 5.10. The van der Waals surface area contributed by atoms with Crippen molar-refractivity contribution < 1.29 is 9.53 Å². The van der Waals surface area contributed by atoms with Gasteiger partial charge in [0.25, 0.3) is 5.91 Å². The number of fused-ring (bicyclic) bond motifs is 3. The number of pyridine rings is 1. The minimum Gasteiger partial charge on any atom is -0.481 e. The molecule has 0 radical (unpaired) electrons. The lowest BCUT2D eigenvalue weighted by molar-refractivity contribution is 0.102. The highest BCUT2D eigenvalue weighted by atomic mass is 16.5. The molecule has 126 valence electrons. The summed E-state index contributed by atoms with van der Waals surface area (Å²) in [5, 5.41) is 2.83. The van der Waals surface area contributed by atoms with E-state index in [1.807, 2.05) is 6.20 Å². The Bertz CT molecular complexity index is 935. The smallest absolute Gasteiger partial charge is 0.259 e. The van der Waals surface area contributed by atoms with Crippen LogP contribution in [0.1, 0.15) is 28.0 Å². The molecule has 0 saturated heterocycles. The minimum atomic E-state index is -0.232. The van der Waals surface area contributed by atoms with Gasteiger partial charge in [0.05, 0.1) is 18.4 Å². The number of hydrogen-bond acceptors (Lipinski definition) is 5. The lowest BCUT2D eigenvalue weighted by atomic mass is 10.0. The molecule has 25 heavy (non-hydrogen) atoms. The Morgan fingerprint density at radius 3 is 3.12 bits per heavy atom. The lowest BCUT2D eigenvalue weighted by Gasteiger charge is -2.08. The topological polar surface area (TPSA) is 92.8 Å². The molecule has 0 aromatic carbocycles. The van der Waals surface area contributed by atoms with Crippen molar-refractivity contribution in [1.29, 1.82) is 0 Å². The van der Waals surface area contributed by atoms with Gasteiger partial charge in [-0.05, 0) is 30.9 Å². The Hall–Kier alpha value is -3.22. The molecule has 0 atom stereocenters. The highest BCUT2D eigenvalue weighted by Crippen LogP contribution is 2.33. The molecule has 7 heteroatoms. The molecule has 0 unspecified atom stereocenters. The summed E-state index contributed by atoms with van der Waals surface area (Å²) in [5.74, 6) is 0.657. The summed E-state index contributed by atoms with van der Waals surface area (Å²) in [4.78, 5) is 28.8. The number of H-pyrrole nitrogens is 1. The van der Waals surface area contributed by atoms with Gasteiger partial charge in [0.2, 0.25) is 5.88 Å². The van der Waals surface area contributed by atoms with Crippen molar-refractivity contribution in [1.82, 2.24) is 19.9 Å². The van der Waals surface area contributed by atoms with Crippen molar-refractivity contribution >= 4 is 11.7 Å². The molecule has 0 aliphatic heterocycles. The first-order valence-corrected chi connectivity index (χ1v) is 8.08. The fourth-order valence-corrected chi connectivity index (χ4v) is 3.12. The zero-order valence-corrected chi connectivity index (χ0v) is 13.7. The normalized spacial score (nSPS) is 12.7. The number of nitrogens with zero attached hydrogens (tertiary/aromatic N) is 3. The van der Waals surface area contributed by atoms with Crippen LogP contribution in [0, 0.1) is 0 Å². The minimum absolute atomic E-state index is 0.232. The van der Waals surface area contributed by atoms with Crippen LogP contribution in [-0.4, -0.2) is 33.0 Å². The summed E-state index contributed by atoms with van der Waals surface area (Å²) in [6.07, 6.45) is 7.85. The van der Waals surface area contributed by atoms with E-state index in [0.717, 1.165) is 41.8 Å². The molecular formula is C18H17N5O2. The van der Waals surface area contributed by atoms with Crippen LogP contribution in [0.25, 0.3) is 11.3 Å². The number of nitrogens with one attached hydrogen (secondary N) is 2. The van der Waals surface area contributed by atoms with Crippen LogP contribution in [0.15, 0.2) is 36.9 Å². The molecule has 4 rings (SSSR count). The summed E-state index contributed by atoms with van der Waals surface area (Å²) in [6.45, 7) is 0. The fraction of sp³-hybridized carbons (Fsp3) is 0.222.